The third-order valence-electron chi connectivity index (χ3n) is 3.11. The molecule has 0 amide bonds. The topological polar surface area (TPSA) is 103 Å². The number of hydrogen-bond donors (Lipinski definition) is 1. The van der Waals surface area contributed by atoms with Crippen molar-refractivity contribution in [3.63, 3.8) is 0 Å². The molecule has 1 N–H and O–H groups in total. The van der Waals surface area contributed by atoms with Gasteiger partial charge in [-0.25, -0.2) is 14.8 Å². The number of rotatable bonds is 5. The Labute approximate surface area is 137 Å². The molecule has 0 radical (unpaired) electrons. The Morgan fingerprint density at radius 1 is 1.38 bits per heavy atom. The van der Waals surface area contributed by atoms with Gasteiger partial charge in [-0.15, -0.1) is 0 Å². The maximum absolute atomic E-state index is 11.8. The maximum atomic E-state index is 11.8. The predicted octanol–water partition coefficient (Wildman–Crippen LogP) is 2.76. The number of anilines is 2. The van der Waals surface area contributed by atoms with Gasteiger partial charge in [0, 0.05) is 11.9 Å². The lowest BCUT2D eigenvalue weighted by atomic mass is 10.2. The van der Waals surface area contributed by atoms with Crippen molar-refractivity contribution in [1.82, 2.24) is 20.1 Å². The first-order valence-corrected chi connectivity index (χ1v) is 7.32. The van der Waals surface area contributed by atoms with Crippen molar-refractivity contribution in [2.24, 2.45) is 0 Å². The maximum Gasteiger partial charge on any atom is 0.338 e. The molecule has 0 bridgehead atoms. The molecule has 0 fully saturated rings. The van der Waals surface area contributed by atoms with E-state index in [4.69, 9.17) is 9.26 Å². The second-order valence-electron chi connectivity index (χ2n) is 4.86. The fourth-order valence-electron chi connectivity index (χ4n) is 2.07. The molecule has 24 heavy (non-hydrogen) atoms. The van der Waals surface area contributed by atoms with Crippen LogP contribution >= 0.6 is 0 Å². The van der Waals surface area contributed by atoms with Crippen LogP contribution in [0.25, 0.3) is 11.5 Å². The third-order valence-corrected chi connectivity index (χ3v) is 3.11. The van der Waals surface area contributed by atoms with E-state index in [0.29, 0.717) is 41.0 Å². The molecule has 0 aliphatic rings. The monoisotopic (exact) mass is 325 g/mol. The lowest BCUT2D eigenvalue weighted by Crippen LogP contribution is -2.05. The number of aryl methyl sites for hydroxylation is 1. The minimum Gasteiger partial charge on any atom is -0.462 e. The van der Waals surface area contributed by atoms with E-state index >= 15 is 0 Å². The quantitative estimate of drug-likeness (QED) is 0.714. The van der Waals surface area contributed by atoms with Gasteiger partial charge in [0.1, 0.15) is 17.7 Å². The lowest BCUT2D eigenvalue weighted by molar-refractivity contribution is 0.0526. The summed E-state index contributed by atoms with van der Waals surface area (Å²) in [4.78, 5) is 24.2. The van der Waals surface area contributed by atoms with Gasteiger partial charge in [0.05, 0.1) is 12.2 Å². The summed E-state index contributed by atoms with van der Waals surface area (Å²) in [6.45, 7) is 3.81. The van der Waals surface area contributed by atoms with Crippen LogP contribution in [0.5, 0.6) is 0 Å². The summed E-state index contributed by atoms with van der Waals surface area (Å²) in [6.07, 6.45) is 2.99. The smallest absolute Gasteiger partial charge is 0.338 e. The lowest BCUT2D eigenvalue weighted by Gasteiger charge is -2.09. The van der Waals surface area contributed by atoms with Crippen LogP contribution in [0.2, 0.25) is 0 Å². The molecule has 0 aliphatic heterocycles. The van der Waals surface area contributed by atoms with Gasteiger partial charge in [-0.05, 0) is 32.0 Å². The number of esters is 1. The molecule has 8 nitrogen and oxygen atoms in total. The minimum absolute atomic E-state index is 0.317. The van der Waals surface area contributed by atoms with Crippen LogP contribution in [0.1, 0.15) is 23.1 Å². The van der Waals surface area contributed by atoms with E-state index in [1.807, 2.05) is 6.07 Å². The summed E-state index contributed by atoms with van der Waals surface area (Å²) in [7, 11) is 0. The van der Waals surface area contributed by atoms with Crippen molar-refractivity contribution in [2.75, 3.05) is 11.9 Å². The highest BCUT2D eigenvalue weighted by atomic mass is 16.5. The first-order valence-electron chi connectivity index (χ1n) is 7.32. The number of ether oxygens (including phenoxy) is 1. The summed E-state index contributed by atoms with van der Waals surface area (Å²) < 4.78 is 10.2. The Bertz CT molecular complexity index is 862. The van der Waals surface area contributed by atoms with Crippen LogP contribution in [0, 0.1) is 6.92 Å². The number of hydrogen-bond acceptors (Lipinski definition) is 8. The molecule has 8 heteroatoms. The number of aromatic nitrogens is 4. The molecule has 0 saturated carbocycles. The first-order chi connectivity index (χ1) is 11.7. The van der Waals surface area contributed by atoms with Gasteiger partial charge in [0.25, 0.3) is 5.89 Å². The summed E-state index contributed by atoms with van der Waals surface area (Å²) >= 11 is 0. The Hall–Kier alpha value is -3.29. The largest absolute Gasteiger partial charge is 0.462 e. The first kappa shape index (κ1) is 15.6. The number of nitrogens with zero attached hydrogens (tertiary/aromatic N) is 4. The van der Waals surface area contributed by atoms with E-state index < -0.39 is 0 Å². The van der Waals surface area contributed by atoms with E-state index in [9.17, 15) is 4.79 Å². The molecular weight excluding hydrogens is 310 g/mol. The zero-order valence-electron chi connectivity index (χ0n) is 13.2. The average Bonchev–Trinajstić information content (AvgIpc) is 3.02. The van der Waals surface area contributed by atoms with Crippen LogP contribution < -0.4 is 5.32 Å². The molecule has 0 atom stereocenters. The average molecular weight is 325 g/mol. The molecule has 0 unspecified atom stereocenters. The second kappa shape index (κ2) is 6.86. The van der Waals surface area contributed by atoms with Gasteiger partial charge < -0.3 is 14.6 Å². The van der Waals surface area contributed by atoms with Crippen LogP contribution in [0.3, 0.4) is 0 Å². The molecule has 0 aliphatic carbocycles. The highest BCUT2D eigenvalue weighted by molar-refractivity contribution is 5.91. The van der Waals surface area contributed by atoms with Crippen molar-refractivity contribution in [3.8, 4) is 11.5 Å². The molecule has 0 saturated heterocycles. The highest BCUT2D eigenvalue weighted by Crippen LogP contribution is 2.26. The van der Waals surface area contributed by atoms with E-state index in [0.717, 1.165) is 0 Å². The third kappa shape index (κ3) is 3.37. The highest BCUT2D eigenvalue weighted by Gasteiger charge is 2.14. The van der Waals surface area contributed by atoms with Gasteiger partial charge in [0.15, 0.2) is 5.82 Å². The van der Waals surface area contributed by atoms with Gasteiger partial charge >= 0.3 is 5.97 Å². The Morgan fingerprint density at radius 3 is 3.00 bits per heavy atom. The molecule has 0 spiro atoms. The van der Waals surface area contributed by atoms with Gasteiger partial charge in [0.2, 0.25) is 0 Å². The van der Waals surface area contributed by atoms with Crippen molar-refractivity contribution in [1.29, 1.82) is 0 Å². The summed E-state index contributed by atoms with van der Waals surface area (Å²) in [5.74, 6) is 0.951. The van der Waals surface area contributed by atoms with Crippen molar-refractivity contribution in [3.05, 3.63) is 48.2 Å². The van der Waals surface area contributed by atoms with Gasteiger partial charge in [-0.3, -0.25) is 0 Å². The van der Waals surface area contributed by atoms with Crippen LogP contribution in [0.4, 0.5) is 11.5 Å². The zero-order valence-corrected chi connectivity index (χ0v) is 13.2. The van der Waals surface area contributed by atoms with E-state index in [1.165, 1.54) is 6.33 Å². The number of nitrogens with one attached hydrogen (secondary N) is 1. The molecule has 2 heterocycles. The fourth-order valence-corrected chi connectivity index (χ4v) is 2.07. The van der Waals surface area contributed by atoms with E-state index in [1.54, 1.807) is 38.2 Å². The Morgan fingerprint density at radius 2 is 2.25 bits per heavy atom. The van der Waals surface area contributed by atoms with Crippen molar-refractivity contribution in [2.45, 2.75) is 13.8 Å². The summed E-state index contributed by atoms with van der Waals surface area (Å²) in [6, 6.07) is 6.94. The van der Waals surface area contributed by atoms with E-state index in [-0.39, 0.29) is 5.97 Å². The minimum atomic E-state index is -0.378. The summed E-state index contributed by atoms with van der Waals surface area (Å²) in [5.41, 5.74) is 1.70. The van der Waals surface area contributed by atoms with Crippen LogP contribution in [-0.4, -0.2) is 32.7 Å². The van der Waals surface area contributed by atoms with Crippen molar-refractivity contribution < 1.29 is 14.1 Å². The van der Waals surface area contributed by atoms with Gasteiger partial charge in [-0.2, -0.15) is 4.98 Å². The zero-order chi connectivity index (χ0) is 16.9. The van der Waals surface area contributed by atoms with Crippen molar-refractivity contribution >= 4 is 17.5 Å². The number of benzene rings is 1. The molecule has 122 valence electrons. The molecule has 2 aromatic heterocycles. The van der Waals surface area contributed by atoms with E-state index in [2.05, 4.69) is 25.4 Å². The summed E-state index contributed by atoms with van der Waals surface area (Å²) in [5, 5.41) is 6.90. The predicted molar refractivity (Wildman–Crippen MR) is 85.7 cm³/mol. The molecule has 1 aromatic carbocycles. The van der Waals surface area contributed by atoms with Gasteiger partial charge in [-0.1, -0.05) is 11.2 Å². The molecular formula is C16H15N5O3. The fraction of sp³-hybridized carbons (Fsp3) is 0.188. The number of carbonyl (C=O) groups excluding carboxylic acids is 1. The Balaban J connectivity index is 1.90. The Kier molecular flexibility index (Phi) is 4.46. The molecule has 3 rings (SSSR count). The second-order valence-corrected chi connectivity index (χ2v) is 4.86. The normalized spacial score (nSPS) is 10.4. The standard InChI is InChI=1S/C16H15N5O3/c1-3-23-16(22)11-5-4-6-12(7-11)20-14-13(8-17-9-18-14)15-19-10(2)21-24-15/h4-9H,3H2,1-2H3,(H,17,18,20). The van der Waals surface area contributed by atoms with Crippen LogP contribution in [-0.2, 0) is 4.74 Å². The SMILES string of the molecule is CCOC(=O)c1cccc(Nc2ncncc2-c2nc(C)no2)c1. The molecule has 3 aromatic rings. The van der Waals surface area contributed by atoms with Crippen LogP contribution in [0.15, 0.2) is 41.3 Å². The number of carbonyl (C=O) groups is 1.